The number of benzene rings is 1. The molecule has 0 amide bonds. The van der Waals surface area contributed by atoms with Crippen LogP contribution in [0, 0.1) is 6.07 Å². The van der Waals surface area contributed by atoms with Crippen molar-refractivity contribution in [2.24, 2.45) is 0 Å². The molecule has 2 aliphatic rings. The van der Waals surface area contributed by atoms with Crippen molar-refractivity contribution in [3.63, 3.8) is 0 Å². The summed E-state index contributed by atoms with van der Waals surface area (Å²) in [6, 6.07) is 25.2. The molecule has 0 fully saturated rings. The van der Waals surface area contributed by atoms with E-state index in [4.69, 9.17) is 0 Å². The topological polar surface area (TPSA) is 98.6 Å². The van der Waals surface area contributed by atoms with E-state index in [0.29, 0.717) is 45.0 Å². The van der Waals surface area contributed by atoms with Gasteiger partial charge in [-0.05, 0) is 48.5 Å². The van der Waals surface area contributed by atoms with Gasteiger partial charge in [0.05, 0.1) is 22.3 Å². The molecule has 0 N–H and O–H groups in total. The van der Waals surface area contributed by atoms with Crippen LogP contribution in [-0.4, -0.2) is 36.5 Å². The van der Waals surface area contributed by atoms with Crippen LogP contribution in [-0.2, 0) is 19.8 Å². The molecule has 6 aromatic rings. The van der Waals surface area contributed by atoms with Gasteiger partial charge < -0.3 is 0 Å². The van der Waals surface area contributed by atoms with Crippen LogP contribution >= 0.6 is 11.3 Å². The standard InChI is InChI=1S/2C11H6N2O.C9H6NS.Os/c2*14-11-7-3-1-5-12-9(7)10-8(11)4-2-6-13-10;1-2-4-8(5-3-1)9-10-6-7-11-9;/h2*1-6H;1-4,6-7H;/q;;-1;+2. The Hall–Kier alpha value is -4.57. The molecule has 8 rings (SSSR count). The summed E-state index contributed by atoms with van der Waals surface area (Å²) in [5.41, 5.74) is 6.50. The molecule has 0 saturated carbocycles. The van der Waals surface area contributed by atoms with Crippen LogP contribution in [0.2, 0.25) is 0 Å². The Balaban J connectivity index is 0.000000121. The van der Waals surface area contributed by atoms with E-state index in [-0.39, 0.29) is 31.4 Å². The molecule has 192 valence electrons. The largest absolute Gasteiger partial charge is 2.00 e. The number of hydrogen-bond donors (Lipinski definition) is 0. The summed E-state index contributed by atoms with van der Waals surface area (Å²) in [7, 11) is 0. The van der Waals surface area contributed by atoms with Crippen LogP contribution in [0.15, 0.2) is 109 Å². The maximum Gasteiger partial charge on any atom is 2.00 e. The summed E-state index contributed by atoms with van der Waals surface area (Å²) in [5.74, 6) is 0.0485. The Labute approximate surface area is 247 Å². The van der Waals surface area contributed by atoms with Gasteiger partial charge in [0, 0.05) is 41.4 Å². The van der Waals surface area contributed by atoms with Crippen molar-refractivity contribution >= 4 is 22.9 Å². The van der Waals surface area contributed by atoms with Gasteiger partial charge in [0.25, 0.3) is 0 Å². The van der Waals surface area contributed by atoms with Gasteiger partial charge >= 0.3 is 19.8 Å². The zero-order valence-electron chi connectivity index (χ0n) is 20.7. The smallest absolute Gasteiger partial charge is 0.293 e. The molecule has 0 radical (unpaired) electrons. The molecule has 40 heavy (non-hydrogen) atoms. The van der Waals surface area contributed by atoms with Crippen molar-refractivity contribution in [3.05, 3.63) is 137 Å². The minimum atomic E-state index is 0. The van der Waals surface area contributed by atoms with Gasteiger partial charge in [-0.25, -0.2) is 0 Å². The van der Waals surface area contributed by atoms with E-state index >= 15 is 0 Å². The van der Waals surface area contributed by atoms with Crippen molar-refractivity contribution < 1.29 is 29.4 Å². The Morgan fingerprint density at radius 3 is 1.32 bits per heavy atom. The second-order valence-corrected chi connectivity index (χ2v) is 9.26. The summed E-state index contributed by atoms with van der Waals surface area (Å²) in [5, 5.41) is 3.00. The maximum absolute atomic E-state index is 11.8. The Morgan fingerprint density at radius 1 is 0.525 bits per heavy atom. The van der Waals surface area contributed by atoms with Gasteiger partial charge in [0.1, 0.15) is 22.8 Å². The predicted molar refractivity (Wildman–Crippen MR) is 148 cm³/mol. The molecule has 0 aliphatic heterocycles. The quantitative estimate of drug-likeness (QED) is 0.193. The zero-order valence-corrected chi connectivity index (χ0v) is 24.1. The third-order valence-electron chi connectivity index (χ3n) is 6.03. The second-order valence-electron chi connectivity index (χ2n) is 8.37. The van der Waals surface area contributed by atoms with Crippen molar-refractivity contribution in [2.45, 2.75) is 0 Å². The summed E-state index contributed by atoms with van der Waals surface area (Å²) in [6.45, 7) is 0. The molecule has 5 heterocycles. The number of ketones is 2. The van der Waals surface area contributed by atoms with Crippen LogP contribution in [0.25, 0.3) is 33.3 Å². The number of hydrogen-bond acceptors (Lipinski definition) is 8. The molecule has 1 aromatic carbocycles. The third-order valence-corrected chi connectivity index (χ3v) is 6.84. The van der Waals surface area contributed by atoms with E-state index in [2.05, 4.69) is 31.0 Å². The summed E-state index contributed by atoms with van der Waals surface area (Å²) in [6.07, 6.45) is 8.51. The average molecular weight is 715 g/mol. The minimum Gasteiger partial charge on any atom is -0.293 e. The van der Waals surface area contributed by atoms with Gasteiger partial charge in [-0.3, -0.25) is 34.5 Å². The van der Waals surface area contributed by atoms with E-state index in [9.17, 15) is 9.59 Å². The number of fused-ring (bicyclic) bond motifs is 6. The molecular weight excluding hydrogens is 697 g/mol. The van der Waals surface area contributed by atoms with Gasteiger partial charge in [0.15, 0.2) is 11.6 Å². The fraction of sp³-hybridized carbons (Fsp3) is 0. The van der Waals surface area contributed by atoms with E-state index < -0.39 is 0 Å². The number of carbonyl (C=O) groups is 2. The van der Waals surface area contributed by atoms with Crippen molar-refractivity contribution in [2.75, 3.05) is 0 Å². The minimum absolute atomic E-state index is 0. The fourth-order valence-corrected chi connectivity index (χ4v) is 4.91. The monoisotopic (exact) mass is 716 g/mol. The van der Waals surface area contributed by atoms with Gasteiger partial charge in [-0.15, -0.1) is 35.9 Å². The zero-order chi connectivity index (χ0) is 26.6. The molecule has 0 saturated heterocycles. The first-order valence-corrected chi connectivity index (χ1v) is 12.9. The maximum atomic E-state index is 11.8. The first kappa shape index (κ1) is 27.0. The molecule has 0 atom stereocenters. The molecule has 5 aromatic heterocycles. The Bertz CT molecular complexity index is 1620. The number of aromatic nitrogens is 5. The van der Waals surface area contributed by atoms with Crippen LogP contribution in [0.3, 0.4) is 0 Å². The number of rotatable bonds is 1. The molecule has 7 nitrogen and oxygen atoms in total. The van der Waals surface area contributed by atoms with Crippen LogP contribution in [0.4, 0.5) is 0 Å². The van der Waals surface area contributed by atoms with Gasteiger partial charge in [-0.2, -0.15) is 11.3 Å². The molecule has 9 heteroatoms. The first-order valence-electron chi connectivity index (χ1n) is 12.0. The van der Waals surface area contributed by atoms with Crippen LogP contribution in [0.1, 0.15) is 31.8 Å². The van der Waals surface area contributed by atoms with Crippen LogP contribution in [0.5, 0.6) is 0 Å². The van der Waals surface area contributed by atoms with Crippen molar-refractivity contribution in [3.8, 4) is 33.3 Å². The van der Waals surface area contributed by atoms with E-state index in [1.54, 1.807) is 90.9 Å². The molecule has 0 bridgehead atoms. The van der Waals surface area contributed by atoms with Crippen LogP contribution < -0.4 is 0 Å². The second kappa shape index (κ2) is 12.1. The van der Waals surface area contributed by atoms with Crippen molar-refractivity contribution in [1.82, 2.24) is 24.9 Å². The average Bonchev–Trinajstić information content (AvgIpc) is 3.73. The first-order chi connectivity index (χ1) is 19.2. The number of carbonyl (C=O) groups excluding carboxylic acids is 2. The van der Waals surface area contributed by atoms with E-state index in [0.717, 1.165) is 10.6 Å². The molecule has 0 spiro atoms. The predicted octanol–water partition coefficient (Wildman–Crippen LogP) is 5.98. The number of thiazole rings is 1. The Morgan fingerprint density at radius 2 is 0.975 bits per heavy atom. The normalized spacial score (nSPS) is 11.4. The van der Waals surface area contributed by atoms with E-state index in [1.807, 2.05) is 29.6 Å². The molecule has 0 unspecified atom stereocenters. The van der Waals surface area contributed by atoms with Crippen molar-refractivity contribution in [1.29, 1.82) is 0 Å². The number of nitrogens with zero attached hydrogens (tertiary/aromatic N) is 5. The summed E-state index contributed by atoms with van der Waals surface area (Å²) in [4.78, 5) is 44.5. The van der Waals surface area contributed by atoms with Gasteiger partial charge in [-0.1, -0.05) is 0 Å². The van der Waals surface area contributed by atoms with E-state index in [1.165, 1.54) is 0 Å². The molecular formula is C31H18N5O2OsS+. The summed E-state index contributed by atoms with van der Waals surface area (Å²) >= 11 is 1.63. The SMILES string of the molecule is O=C1c2cccnc2-c2ncccc21.O=C1c2cccnc2-c2ncccc21.[Os+2].[c-]1ccccc1-c1nccs1. The molecule has 2 aliphatic carbocycles. The van der Waals surface area contributed by atoms with Gasteiger partial charge in [0.2, 0.25) is 0 Å². The summed E-state index contributed by atoms with van der Waals surface area (Å²) < 4.78 is 0. The third kappa shape index (κ3) is 5.17. The number of pyridine rings is 4. The fourth-order valence-electron chi connectivity index (χ4n) is 4.28. The Kier molecular flexibility index (Phi) is 8.16.